The molecule has 2 N–H and O–H groups in total. The first kappa shape index (κ1) is 14.9. The van der Waals surface area contributed by atoms with Crippen LogP contribution in [0.4, 0.5) is 0 Å². The van der Waals surface area contributed by atoms with E-state index >= 15 is 0 Å². The molecule has 1 saturated carbocycles. The molecule has 1 aliphatic rings. The highest BCUT2D eigenvalue weighted by molar-refractivity contribution is 4.71. The summed E-state index contributed by atoms with van der Waals surface area (Å²) in [6.45, 7) is 6.59. The summed E-state index contributed by atoms with van der Waals surface area (Å²) in [5.74, 6) is 0.786. The summed E-state index contributed by atoms with van der Waals surface area (Å²) >= 11 is 0. The molecule has 1 rings (SSSR count). The van der Waals surface area contributed by atoms with Crippen LogP contribution in [0.5, 0.6) is 0 Å². The molecular formula is C14H29NO2. The van der Waals surface area contributed by atoms with E-state index in [-0.39, 0.29) is 6.10 Å². The molecule has 0 spiro atoms. The second-order valence-electron chi connectivity index (χ2n) is 5.44. The third kappa shape index (κ3) is 7.02. The number of aliphatic hydroxyl groups excluding tert-OH is 1. The molecule has 1 aliphatic carbocycles. The van der Waals surface area contributed by atoms with Crippen molar-refractivity contribution in [2.75, 3.05) is 19.7 Å². The fraction of sp³-hybridized carbons (Fsp3) is 1.00. The smallest absolute Gasteiger partial charge is 0.0897 e. The predicted molar refractivity (Wildman–Crippen MR) is 71.2 cm³/mol. The molecule has 3 unspecified atom stereocenters. The first-order valence-electron chi connectivity index (χ1n) is 7.22. The maximum absolute atomic E-state index is 9.76. The van der Waals surface area contributed by atoms with Crippen LogP contribution in [0.1, 0.15) is 52.4 Å². The lowest BCUT2D eigenvalue weighted by atomic mass is 9.89. The van der Waals surface area contributed by atoms with Crippen molar-refractivity contribution in [1.82, 2.24) is 5.32 Å². The molecule has 102 valence electrons. The van der Waals surface area contributed by atoms with Gasteiger partial charge in [-0.15, -0.1) is 0 Å². The van der Waals surface area contributed by atoms with E-state index in [0.29, 0.717) is 19.3 Å². The van der Waals surface area contributed by atoms with Gasteiger partial charge in [0.15, 0.2) is 0 Å². The minimum atomic E-state index is -0.357. The van der Waals surface area contributed by atoms with Crippen LogP contribution in [0.25, 0.3) is 0 Å². The molecule has 0 radical (unpaired) electrons. The molecule has 0 aliphatic heterocycles. The van der Waals surface area contributed by atoms with Crippen LogP contribution in [-0.2, 0) is 4.74 Å². The van der Waals surface area contributed by atoms with Gasteiger partial charge in [0, 0.05) is 6.54 Å². The van der Waals surface area contributed by atoms with Crippen molar-refractivity contribution in [1.29, 1.82) is 0 Å². The van der Waals surface area contributed by atoms with Crippen LogP contribution >= 0.6 is 0 Å². The molecule has 17 heavy (non-hydrogen) atoms. The van der Waals surface area contributed by atoms with Gasteiger partial charge >= 0.3 is 0 Å². The van der Waals surface area contributed by atoms with E-state index in [1.807, 2.05) is 0 Å². The molecule has 0 amide bonds. The summed E-state index contributed by atoms with van der Waals surface area (Å²) < 4.78 is 5.78. The lowest BCUT2D eigenvalue weighted by molar-refractivity contribution is -0.0305. The Bertz CT molecular complexity index is 187. The third-order valence-electron chi connectivity index (χ3n) is 3.50. The second-order valence-corrected chi connectivity index (χ2v) is 5.44. The maximum Gasteiger partial charge on any atom is 0.0897 e. The number of aliphatic hydroxyl groups is 1. The van der Waals surface area contributed by atoms with Gasteiger partial charge in [-0.3, -0.25) is 0 Å². The first-order valence-corrected chi connectivity index (χ1v) is 7.22. The highest BCUT2D eigenvalue weighted by Gasteiger charge is 2.20. The number of nitrogens with one attached hydrogen (secondary N) is 1. The third-order valence-corrected chi connectivity index (χ3v) is 3.50. The Kier molecular flexibility index (Phi) is 7.82. The topological polar surface area (TPSA) is 41.5 Å². The monoisotopic (exact) mass is 243 g/mol. The summed E-state index contributed by atoms with van der Waals surface area (Å²) in [6.07, 6.45) is 7.33. The van der Waals surface area contributed by atoms with E-state index in [2.05, 4.69) is 19.2 Å². The normalized spacial score (nSPS) is 27.0. The zero-order valence-electron chi connectivity index (χ0n) is 11.5. The van der Waals surface area contributed by atoms with Crippen LogP contribution in [0.2, 0.25) is 0 Å². The average molecular weight is 243 g/mol. The highest BCUT2D eigenvalue weighted by atomic mass is 16.5. The minimum Gasteiger partial charge on any atom is -0.389 e. The van der Waals surface area contributed by atoms with E-state index < -0.39 is 0 Å². The number of rotatable bonds is 8. The SMILES string of the molecule is CCCCNCC(O)COC1CCCC(C)C1. The Hall–Kier alpha value is -0.120. The maximum atomic E-state index is 9.76. The molecule has 0 aromatic carbocycles. The Labute approximate surface area is 106 Å². The van der Waals surface area contributed by atoms with Gasteiger partial charge in [0.05, 0.1) is 18.8 Å². The van der Waals surface area contributed by atoms with Crippen molar-refractivity contribution in [2.24, 2.45) is 5.92 Å². The Balaban J connectivity index is 2.00. The number of unbranched alkanes of at least 4 members (excludes halogenated alkanes) is 1. The number of ether oxygens (including phenoxy) is 1. The van der Waals surface area contributed by atoms with Gasteiger partial charge in [0.1, 0.15) is 0 Å². The number of hydrogen-bond donors (Lipinski definition) is 2. The first-order chi connectivity index (χ1) is 8.22. The van der Waals surface area contributed by atoms with Crippen LogP contribution < -0.4 is 5.32 Å². The van der Waals surface area contributed by atoms with Crippen LogP contribution in [0.15, 0.2) is 0 Å². The van der Waals surface area contributed by atoms with Gasteiger partial charge < -0.3 is 15.2 Å². The van der Waals surface area contributed by atoms with Gasteiger partial charge in [-0.1, -0.05) is 33.1 Å². The lowest BCUT2D eigenvalue weighted by Gasteiger charge is -2.27. The van der Waals surface area contributed by atoms with Gasteiger partial charge in [-0.05, 0) is 31.7 Å². The summed E-state index contributed by atoms with van der Waals surface area (Å²) in [6, 6.07) is 0. The average Bonchev–Trinajstić information content (AvgIpc) is 2.32. The molecule has 0 heterocycles. The Morgan fingerprint density at radius 2 is 2.24 bits per heavy atom. The van der Waals surface area contributed by atoms with Gasteiger partial charge in [0.25, 0.3) is 0 Å². The van der Waals surface area contributed by atoms with Crippen LogP contribution in [-0.4, -0.2) is 37.0 Å². The minimum absolute atomic E-state index is 0.357. The molecule has 3 atom stereocenters. The van der Waals surface area contributed by atoms with Crippen molar-refractivity contribution in [3.63, 3.8) is 0 Å². The van der Waals surface area contributed by atoms with Crippen LogP contribution in [0, 0.1) is 5.92 Å². The number of hydrogen-bond acceptors (Lipinski definition) is 3. The summed E-state index contributed by atoms with van der Waals surface area (Å²) in [4.78, 5) is 0. The van der Waals surface area contributed by atoms with Crippen molar-refractivity contribution in [3.8, 4) is 0 Å². The summed E-state index contributed by atoms with van der Waals surface area (Å²) in [5.41, 5.74) is 0. The molecule has 0 aromatic heterocycles. The molecular weight excluding hydrogens is 214 g/mol. The van der Waals surface area contributed by atoms with E-state index in [4.69, 9.17) is 4.74 Å². The van der Waals surface area contributed by atoms with Crippen LogP contribution in [0.3, 0.4) is 0 Å². The van der Waals surface area contributed by atoms with E-state index in [1.54, 1.807) is 0 Å². The van der Waals surface area contributed by atoms with Crippen molar-refractivity contribution in [3.05, 3.63) is 0 Å². The highest BCUT2D eigenvalue weighted by Crippen LogP contribution is 2.25. The molecule has 0 saturated heterocycles. The van der Waals surface area contributed by atoms with E-state index in [1.165, 1.54) is 32.1 Å². The van der Waals surface area contributed by atoms with Crippen molar-refractivity contribution in [2.45, 2.75) is 64.6 Å². The van der Waals surface area contributed by atoms with Gasteiger partial charge in [-0.25, -0.2) is 0 Å². The fourth-order valence-corrected chi connectivity index (χ4v) is 2.41. The zero-order valence-corrected chi connectivity index (χ0v) is 11.5. The molecule has 0 bridgehead atoms. The quantitative estimate of drug-likeness (QED) is 0.643. The second kappa shape index (κ2) is 8.90. The predicted octanol–water partition coefficient (Wildman–Crippen LogP) is 2.33. The Morgan fingerprint density at radius 1 is 1.41 bits per heavy atom. The van der Waals surface area contributed by atoms with E-state index in [0.717, 1.165) is 18.9 Å². The largest absolute Gasteiger partial charge is 0.389 e. The zero-order chi connectivity index (χ0) is 12.5. The lowest BCUT2D eigenvalue weighted by Crippen LogP contribution is -2.33. The van der Waals surface area contributed by atoms with Crippen molar-refractivity contribution < 1.29 is 9.84 Å². The standard InChI is InChI=1S/C14H29NO2/c1-3-4-8-15-10-13(16)11-17-14-7-5-6-12(2)9-14/h12-16H,3-11H2,1-2H3. The molecule has 0 aromatic rings. The summed E-state index contributed by atoms with van der Waals surface area (Å²) in [7, 11) is 0. The Morgan fingerprint density at radius 3 is 2.94 bits per heavy atom. The van der Waals surface area contributed by atoms with Gasteiger partial charge in [0.2, 0.25) is 0 Å². The van der Waals surface area contributed by atoms with Gasteiger partial charge in [-0.2, -0.15) is 0 Å². The summed E-state index contributed by atoms with van der Waals surface area (Å²) in [5, 5.41) is 13.0. The van der Waals surface area contributed by atoms with E-state index in [9.17, 15) is 5.11 Å². The molecule has 3 nitrogen and oxygen atoms in total. The van der Waals surface area contributed by atoms with Crippen molar-refractivity contribution >= 4 is 0 Å². The molecule has 1 fully saturated rings. The molecule has 3 heteroatoms. The fourth-order valence-electron chi connectivity index (χ4n) is 2.41.